The van der Waals surface area contributed by atoms with E-state index in [1.807, 2.05) is 24.4 Å². The normalized spacial score (nSPS) is 15.5. The van der Waals surface area contributed by atoms with E-state index in [0.29, 0.717) is 5.56 Å². The fourth-order valence-corrected chi connectivity index (χ4v) is 3.80. The Labute approximate surface area is 164 Å². The number of pyridine rings is 1. The van der Waals surface area contributed by atoms with E-state index >= 15 is 0 Å². The van der Waals surface area contributed by atoms with Gasteiger partial charge in [-0.05, 0) is 67.9 Å². The van der Waals surface area contributed by atoms with Gasteiger partial charge < -0.3 is 0 Å². The molecule has 2 heterocycles. The van der Waals surface area contributed by atoms with Crippen LogP contribution in [0.3, 0.4) is 0 Å². The van der Waals surface area contributed by atoms with Crippen LogP contribution in [-0.4, -0.2) is 28.8 Å². The Morgan fingerprint density at radius 2 is 1.71 bits per heavy atom. The number of Topliss-reactive ketones (excluding diaryl/α,β-unsaturated/α-hetero) is 1. The smallest absolute Gasteiger partial charge is 0.166 e. The summed E-state index contributed by atoms with van der Waals surface area (Å²) in [4.78, 5) is 19.5. The Kier molecular flexibility index (Phi) is 5.58. The summed E-state index contributed by atoms with van der Waals surface area (Å²) in [5.41, 5.74) is 3.95. The van der Waals surface area contributed by atoms with Gasteiger partial charge >= 0.3 is 0 Å². The van der Waals surface area contributed by atoms with Gasteiger partial charge in [-0.2, -0.15) is 0 Å². The van der Waals surface area contributed by atoms with E-state index in [2.05, 4.69) is 34.1 Å². The van der Waals surface area contributed by atoms with Gasteiger partial charge in [0.05, 0.1) is 5.69 Å². The zero-order valence-electron chi connectivity index (χ0n) is 15.7. The molecule has 3 nitrogen and oxygen atoms in total. The maximum Gasteiger partial charge on any atom is 0.166 e. The summed E-state index contributed by atoms with van der Waals surface area (Å²) in [7, 11) is 0. The molecule has 142 valence electrons. The Morgan fingerprint density at radius 1 is 1.00 bits per heavy atom. The molecular formula is C24H23FN2O. The lowest BCUT2D eigenvalue weighted by Gasteiger charge is -2.31. The minimum absolute atomic E-state index is 0.0269. The first-order valence-corrected chi connectivity index (χ1v) is 9.71. The van der Waals surface area contributed by atoms with Crippen LogP contribution in [0.2, 0.25) is 0 Å². The number of hydrogen-bond acceptors (Lipinski definition) is 3. The Bertz CT molecular complexity index is 932. The number of halogens is 1. The first-order valence-electron chi connectivity index (χ1n) is 9.71. The van der Waals surface area contributed by atoms with Gasteiger partial charge in [0.2, 0.25) is 0 Å². The zero-order valence-corrected chi connectivity index (χ0v) is 15.7. The molecule has 0 atom stereocenters. The van der Waals surface area contributed by atoms with Crippen LogP contribution >= 0.6 is 0 Å². The summed E-state index contributed by atoms with van der Waals surface area (Å²) >= 11 is 0. The van der Waals surface area contributed by atoms with Crippen molar-refractivity contribution in [1.82, 2.24) is 9.88 Å². The van der Waals surface area contributed by atoms with E-state index in [1.54, 1.807) is 12.1 Å². The number of carbonyl (C=O) groups is 1. The SMILES string of the molecule is O=C(c1ccc(F)cc1)C1CCN(Cc2ccnc(-c3ccccc3)c2)CC1. The lowest BCUT2D eigenvalue weighted by atomic mass is 9.88. The van der Waals surface area contributed by atoms with E-state index in [-0.39, 0.29) is 17.5 Å². The highest BCUT2D eigenvalue weighted by molar-refractivity contribution is 5.97. The van der Waals surface area contributed by atoms with Gasteiger partial charge in [-0.25, -0.2) is 4.39 Å². The molecular weight excluding hydrogens is 351 g/mol. The van der Waals surface area contributed by atoms with Crippen LogP contribution in [0.5, 0.6) is 0 Å². The lowest BCUT2D eigenvalue weighted by molar-refractivity contribution is 0.0835. The summed E-state index contributed by atoms with van der Waals surface area (Å²) in [6, 6.07) is 20.3. The molecule has 0 spiro atoms. The molecule has 3 aromatic rings. The van der Waals surface area contributed by atoms with E-state index in [4.69, 9.17) is 0 Å². The lowest BCUT2D eigenvalue weighted by Crippen LogP contribution is -2.36. The predicted octanol–water partition coefficient (Wildman–Crippen LogP) is 4.98. The molecule has 1 aliphatic rings. The van der Waals surface area contributed by atoms with Crippen LogP contribution in [-0.2, 0) is 6.54 Å². The highest BCUT2D eigenvalue weighted by atomic mass is 19.1. The number of aromatic nitrogens is 1. The molecule has 0 saturated carbocycles. The minimum atomic E-state index is -0.307. The number of hydrogen-bond donors (Lipinski definition) is 0. The largest absolute Gasteiger partial charge is 0.299 e. The number of piperidine rings is 1. The second kappa shape index (κ2) is 8.44. The number of nitrogens with zero attached hydrogens (tertiary/aromatic N) is 2. The Morgan fingerprint density at radius 3 is 2.43 bits per heavy atom. The molecule has 1 aliphatic heterocycles. The van der Waals surface area contributed by atoms with Gasteiger partial charge in [-0.15, -0.1) is 0 Å². The average molecular weight is 374 g/mol. The zero-order chi connectivity index (χ0) is 19.3. The standard InChI is InChI=1S/C24H23FN2O/c25-22-8-6-20(7-9-22)24(28)21-11-14-27(15-12-21)17-18-10-13-26-23(16-18)19-4-2-1-3-5-19/h1-10,13,16,21H,11-12,14-15,17H2. The molecule has 0 bridgehead atoms. The van der Waals surface area contributed by atoms with Gasteiger partial charge in [-0.1, -0.05) is 30.3 Å². The summed E-state index contributed by atoms with van der Waals surface area (Å²) in [5.74, 6) is -0.146. The molecule has 1 aromatic heterocycles. The quantitative estimate of drug-likeness (QED) is 0.591. The van der Waals surface area contributed by atoms with Crippen molar-refractivity contribution in [2.45, 2.75) is 19.4 Å². The monoisotopic (exact) mass is 374 g/mol. The number of benzene rings is 2. The summed E-state index contributed by atoms with van der Waals surface area (Å²) in [6.45, 7) is 2.64. The van der Waals surface area contributed by atoms with Crippen molar-refractivity contribution < 1.29 is 9.18 Å². The van der Waals surface area contributed by atoms with Crippen LogP contribution in [0.25, 0.3) is 11.3 Å². The predicted molar refractivity (Wildman–Crippen MR) is 108 cm³/mol. The maximum atomic E-state index is 13.1. The third kappa shape index (κ3) is 4.34. The number of ketones is 1. The van der Waals surface area contributed by atoms with Crippen LogP contribution in [0.15, 0.2) is 72.9 Å². The first-order chi connectivity index (χ1) is 13.7. The van der Waals surface area contributed by atoms with E-state index in [1.165, 1.54) is 17.7 Å². The highest BCUT2D eigenvalue weighted by Gasteiger charge is 2.25. The van der Waals surface area contributed by atoms with Crippen molar-refractivity contribution in [2.24, 2.45) is 5.92 Å². The summed E-state index contributed by atoms with van der Waals surface area (Å²) in [6.07, 6.45) is 3.54. The number of rotatable bonds is 5. The first kappa shape index (κ1) is 18.5. The highest BCUT2D eigenvalue weighted by Crippen LogP contribution is 2.24. The molecule has 1 saturated heterocycles. The van der Waals surface area contributed by atoms with E-state index in [9.17, 15) is 9.18 Å². The average Bonchev–Trinajstić information content (AvgIpc) is 2.75. The van der Waals surface area contributed by atoms with Crippen molar-refractivity contribution in [2.75, 3.05) is 13.1 Å². The fourth-order valence-electron chi connectivity index (χ4n) is 3.80. The van der Waals surface area contributed by atoms with Crippen LogP contribution < -0.4 is 0 Å². The molecule has 28 heavy (non-hydrogen) atoms. The molecule has 0 amide bonds. The molecule has 0 unspecified atom stereocenters. The molecule has 2 aromatic carbocycles. The molecule has 4 heteroatoms. The van der Waals surface area contributed by atoms with Gasteiger partial charge in [0, 0.05) is 29.8 Å². The van der Waals surface area contributed by atoms with Crippen LogP contribution in [0, 0.1) is 11.7 Å². The van der Waals surface area contributed by atoms with Gasteiger partial charge in [-0.3, -0.25) is 14.7 Å². The molecule has 0 radical (unpaired) electrons. The van der Waals surface area contributed by atoms with Gasteiger partial charge in [0.15, 0.2) is 5.78 Å². The summed E-state index contributed by atoms with van der Waals surface area (Å²) in [5, 5.41) is 0. The minimum Gasteiger partial charge on any atom is -0.299 e. The van der Waals surface area contributed by atoms with Crippen molar-refractivity contribution in [3.8, 4) is 11.3 Å². The van der Waals surface area contributed by atoms with Crippen molar-refractivity contribution in [3.63, 3.8) is 0 Å². The van der Waals surface area contributed by atoms with Crippen molar-refractivity contribution in [1.29, 1.82) is 0 Å². The third-order valence-corrected chi connectivity index (χ3v) is 5.39. The molecule has 0 N–H and O–H groups in total. The van der Waals surface area contributed by atoms with Crippen molar-refractivity contribution in [3.05, 3.63) is 89.9 Å². The molecule has 4 rings (SSSR count). The fraction of sp³-hybridized carbons (Fsp3) is 0.250. The van der Waals surface area contributed by atoms with E-state index < -0.39 is 0 Å². The van der Waals surface area contributed by atoms with Crippen LogP contribution in [0.4, 0.5) is 4.39 Å². The number of carbonyl (C=O) groups excluding carboxylic acids is 1. The van der Waals surface area contributed by atoms with Gasteiger partial charge in [0.1, 0.15) is 5.82 Å². The van der Waals surface area contributed by atoms with Gasteiger partial charge in [0.25, 0.3) is 0 Å². The topological polar surface area (TPSA) is 33.2 Å². The molecule has 0 aliphatic carbocycles. The molecule has 1 fully saturated rings. The summed E-state index contributed by atoms with van der Waals surface area (Å²) < 4.78 is 13.1. The Balaban J connectivity index is 1.36. The maximum absolute atomic E-state index is 13.1. The second-order valence-corrected chi connectivity index (χ2v) is 7.34. The number of likely N-dealkylation sites (tertiary alicyclic amines) is 1. The van der Waals surface area contributed by atoms with E-state index in [0.717, 1.165) is 43.7 Å². The van der Waals surface area contributed by atoms with Crippen LogP contribution in [0.1, 0.15) is 28.8 Å². The third-order valence-electron chi connectivity index (χ3n) is 5.39. The Hall–Kier alpha value is -2.85. The van der Waals surface area contributed by atoms with Crippen molar-refractivity contribution >= 4 is 5.78 Å². The second-order valence-electron chi connectivity index (χ2n) is 7.34.